The number of piperidine rings is 1. The fourth-order valence-corrected chi connectivity index (χ4v) is 6.04. The molecule has 2 aliphatic rings. The molecule has 4 rings (SSSR count). The zero-order chi connectivity index (χ0) is 27.1. The van der Waals surface area contributed by atoms with E-state index in [0.29, 0.717) is 24.5 Å². The van der Waals surface area contributed by atoms with Crippen molar-refractivity contribution >= 4 is 5.91 Å². The summed E-state index contributed by atoms with van der Waals surface area (Å²) in [6.45, 7) is 16.1. The molecule has 0 aliphatic carbocycles. The summed E-state index contributed by atoms with van der Waals surface area (Å²) in [6.07, 6.45) is -2.53. The first kappa shape index (κ1) is 27.5. The van der Waals surface area contributed by atoms with E-state index in [0.717, 1.165) is 49.4 Å². The van der Waals surface area contributed by atoms with Gasteiger partial charge in [-0.05, 0) is 72.1 Å². The molecule has 0 bridgehead atoms. The third-order valence-electron chi connectivity index (χ3n) is 8.38. The molecular formula is C28H38F3N5O. The number of halogens is 3. The summed E-state index contributed by atoms with van der Waals surface area (Å²) in [6, 6.07) is 5.85. The lowest BCUT2D eigenvalue weighted by Gasteiger charge is -2.52. The number of aryl methyl sites for hydroxylation is 3. The van der Waals surface area contributed by atoms with E-state index in [1.165, 1.54) is 12.1 Å². The van der Waals surface area contributed by atoms with Gasteiger partial charge in [-0.15, -0.1) is 0 Å². The summed E-state index contributed by atoms with van der Waals surface area (Å²) in [4.78, 5) is 28.9. The van der Waals surface area contributed by atoms with Crippen molar-refractivity contribution in [3.05, 3.63) is 58.2 Å². The number of nitrogens with zero attached hydrogens (tertiary/aromatic N) is 5. The molecule has 0 N–H and O–H groups in total. The largest absolute Gasteiger partial charge is 0.416 e. The molecule has 6 nitrogen and oxygen atoms in total. The number of carbonyl (C=O) groups excluding carboxylic acids is 1. The van der Waals surface area contributed by atoms with Gasteiger partial charge in [-0.2, -0.15) is 13.2 Å². The molecule has 2 fully saturated rings. The van der Waals surface area contributed by atoms with Gasteiger partial charge in [0.2, 0.25) is 0 Å². The Morgan fingerprint density at radius 2 is 1.57 bits per heavy atom. The summed E-state index contributed by atoms with van der Waals surface area (Å²) in [5.41, 5.74) is 2.37. The molecule has 0 spiro atoms. The van der Waals surface area contributed by atoms with Crippen LogP contribution in [-0.4, -0.2) is 74.9 Å². The highest BCUT2D eigenvalue weighted by molar-refractivity contribution is 5.96. The second-order valence-corrected chi connectivity index (χ2v) is 10.9. The minimum absolute atomic E-state index is 0.00257. The van der Waals surface area contributed by atoms with Crippen LogP contribution in [0.5, 0.6) is 0 Å². The van der Waals surface area contributed by atoms with Gasteiger partial charge in [0.25, 0.3) is 5.91 Å². The predicted molar refractivity (Wildman–Crippen MR) is 137 cm³/mol. The highest BCUT2D eigenvalue weighted by Gasteiger charge is 2.41. The van der Waals surface area contributed by atoms with E-state index < -0.39 is 11.7 Å². The fourth-order valence-electron chi connectivity index (χ4n) is 6.04. The van der Waals surface area contributed by atoms with Crippen molar-refractivity contribution in [1.29, 1.82) is 0 Å². The monoisotopic (exact) mass is 517 g/mol. The second kappa shape index (κ2) is 10.3. The summed E-state index contributed by atoms with van der Waals surface area (Å²) >= 11 is 0. The van der Waals surface area contributed by atoms with Crippen LogP contribution in [0.15, 0.2) is 24.3 Å². The Bertz CT molecular complexity index is 1100. The molecule has 2 aromatic rings. The highest BCUT2D eigenvalue weighted by Crippen LogP contribution is 2.35. The van der Waals surface area contributed by atoms with Crippen LogP contribution in [-0.2, 0) is 6.18 Å². The molecule has 3 heterocycles. The molecule has 2 atom stereocenters. The van der Waals surface area contributed by atoms with Crippen LogP contribution in [0.2, 0.25) is 0 Å². The first-order valence-corrected chi connectivity index (χ1v) is 13.1. The van der Waals surface area contributed by atoms with Gasteiger partial charge in [0, 0.05) is 50.3 Å². The molecule has 0 radical (unpaired) electrons. The van der Waals surface area contributed by atoms with Gasteiger partial charge in [0.1, 0.15) is 5.82 Å². The molecule has 202 valence electrons. The van der Waals surface area contributed by atoms with E-state index in [2.05, 4.69) is 40.5 Å². The SMILES string of the molecule is Cc1nc(C)c(C(=O)N2CCC(C)(N3CCN([C@@H](C)c4ccc(C(F)(F)F)cc4)[C@@H](C)C3)CC2)c(C)n1. The van der Waals surface area contributed by atoms with Crippen LogP contribution < -0.4 is 0 Å². The van der Waals surface area contributed by atoms with Crippen molar-refractivity contribution in [3.63, 3.8) is 0 Å². The first-order valence-electron chi connectivity index (χ1n) is 13.1. The second-order valence-electron chi connectivity index (χ2n) is 10.9. The third kappa shape index (κ3) is 5.67. The van der Waals surface area contributed by atoms with E-state index in [1.54, 1.807) is 12.1 Å². The van der Waals surface area contributed by atoms with E-state index >= 15 is 0 Å². The molecule has 1 aromatic carbocycles. The molecule has 2 aliphatic heterocycles. The van der Waals surface area contributed by atoms with E-state index in [4.69, 9.17) is 0 Å². The number of carbonyl (C=O) groups is 1. The third-order valence-corrected chi connectivity index (χ3v) is 8.38. The van der Waals surface area contributed by atoms with Crippen LogP contribution >= 0.6 is 0 Å². The Morgan fingerprint density at radius 3 is 2.08 bits per heavy atom. The summed E-state index contributed by atoms with van der Waals surface area (Å²) in [5.74, 6) is 0.694. The van der Waals surface area contributed by atoms with E-state index in [9.17, 15) is 18.0 Å². The Morgan fingerprint density at radius 1 is 1.00 bits per heavy atom. The minimum atomic E-state index is -4.32. The van der Waals surface area contributed by atoms with Gasteiger partial charge in [-0.25, -0.2) is 9.97 Å². The number of amides is 1. The van der Waals surface area contributed by atoms with Crippen LogP contribution in [0.4, 0.5) is 13.2 Å². The lowest BCUT2D eigenvalue weighted by Crippen LogP contribution is -2.62. The number of likely N-dealkylation sites (tertiary alicyclic amines) is 1. The average Bonchev–Trinajstić information content (AvgIpc) is 2.83. The number of aromatic nitrogens is 2. The predicted octanol–water partition coefficient (Wildman–Crippen LogP) is 5.18. The topological polar surface area (TPSA) is 52.6 Å². The molecule has 2 saturated heterocycles. The van der Waals surface area contributed by atoms with E-state index in [-0.39, 0.29) is 23.5 Å². The number of alkyl halides is 3. The Kier molecular flexibility index (Phi) is 7.68. The molecule has 0 saturated carbocycles. The molecule has 1 aromatic heterocycles. The van der Waals surface area contributed by atoms with Crippen molar-refractivity contribution in [2.24, 2.45) is 0 Å². The first-order chi connectivity index (χ1) is 17.3. The zero-order valence-corrected chi connectivity index (χ0v) is 22.7. The van der Waals surface area contributed by atoms with Gasteiger partial charge in [-0.3, -0.25) is 14.6 Å². The van der Waals surface area contributed by atoms with Gasteiger partial charge >= 0.3 is 6.18 Å². The molecule has 37 heavy (non-hydrogen) atoms. The molecule has 1 amide bonds. The Labute approximate surface area is 217 Å². The number of benzene rings is 1. The van der Waals surface area contributed by atoms with Crippen LogP contribution in [0.1, 0.15) is 78.4 Å². The van der Waals surface area contributed by atoms with Crippen LogP contribution in [0, 0.1) is 20.8 Å². The quantitative estimate of drug-likeness (QED) is 0.559. The number of hydrogen-bond acceptors (Lipinski definition) is 5. The van der Waals surface area contributed by atoms with Crippen molar-refractivity contribution in [1.82, 2.24) is 24.7 Å². The zero-order valence-electron chi connectivity index (χ0n) is 22.7. The minimum Gasteiger partial charge on any atom is -0.338 e. The summed E-state index contributed by atoms with van der Waals surface area (Å²) in [7, 11) is 0. The maximum absolute atomic E-state index is 13.3. The lowest BCUT2D eigenvalue weighted by molar-refractivity contribution is -0.137. The number of hydrogen-bond donors (Lipinski definition) is 0. The Hall–Kier alpha value is -2.52. The van der Waals surface area contributed by atoms with Gasteiger partial charge in [0.05, 0.1) is 22.5 Å². The van der Waals surface area contributed by atoms with Gasteiger partial charge < -0.3 is 4.90 Å². The summed E-state index contributed by atoms with van der Waals surface area (Å²) in [5, 5.41) is 0. The standard InChI is InChI=1S/C28H38F3N5O/c1-18-17-35(15-16-36(18)21(4)23-7-9-24(10-8-23)28(29,30)31)27(6)11-13-34(14-12-27)26(37)25-19(2)32-22(5)33-20(25)3/h7-10,18,21H,11-17H2,1-6H3/t18-,21-/m0/s1. The molecule has 0 unspecified atom stereocenters. The average molecular weight is 518 g/mol. The van der Waals surface area contributed by atoms with Gasteiger partial charge in [-0.1, -0.05) is 12.1 Å². The highest BCUT2D eigenvalue weighted by atomic mass is 19.4. The van der Waals surface area contributed by atoms with Crippen molar-refractivity contribution < 1.29 is 18.0 Å². The molecule has 9 heteroatoms. The van der Waals surface area contributed by atoms with Crippen LogP contribution in [0.3, 0.4) is 0 Å². The van der Waals surface area contributed by atoms with Crippen molar-refractivity contribution in [2.75, 3.05) is 32.7 Å². The maximum atomic E-state index is 13.3. The maximum Gasteiger partial charge on any atom is 0.416 e. The fraction of sp³-hybridized carbons (Fsp3) is 0.607. The summed E-state index contributed by atoms with van der Waals surface area (Å²) < 4.78 is 38.9. The Balaban J connectivity index is 1.36. The molecular weight excluding hydrogens is 479 g/mol. The van der Waals surface area contributed by atoms with Gasteiger partial charge in [0.15, 0.2) is 0 Å². The number of piperazine rings is 1. The smallest absolute Gasteiger partial charge is 0.338 e. The normalized spacial score (nSPS) is 22.2. The van der Waals surface area contributed by atoms with E-state index in [1.807, 2.05) is 25.7 Å². The lowest BCUT2D eigenvalue weighted by atomic mass is 9.86. The van der Waals surface area contributed by atoms with Crippen LogP contribution in [0.25, 0.3) is 0 Å². The van der Waals surface area contributed by atoms with Crippen molar-refractivity contribution in [3.8, 4) is 0 Å². The van der Waals surface area contributed by atoms with Crippen molar-refractivity contribution in [2.45, 2.75) is 78.2 Å². The number of rotatable bonds is 4.